The number of rotatable bonds is 6. The number of benzene rings is 1. The fourth-order valence-electron chi connectivity index (χ4n) is 3.14. The first-order valence-electron chi connectivity index (χ1n) is 8.47. The van der Waals surface area contributed by atoms with Gasteiger partial charge in [0.25, 0.3) is 0 Å². The van der Waals surface area contributed by atoms with Gasteiger partial charge in [-0.2, -0.15) is 0 Å². The summed E-state index contributed by atoms with van der Waals surface area (Å²) in [5.41, 5.74) is 1.50. The fourth-order valence-corrected chi connectivity index (χ4v) is 4.07. The lowest BCUT2D eigenvalue weighted by atomic mass is 10.3. The van der Waals surface area contributed by atoms with E-state index in [9.17, 15) is 4.79 Å². The monoisotopic (exact) mass is 342 g/mol. The summed E-state index contributed by atoms with van der Waals surface area (Å²) < 4.78 is 9.32. The van der Waals surface area contributed by atoms with Crippen molar-refractivity contribution in [3.63, 3.8) is 0 Å². The van der Waals surface area contributed by atoms with Gasteiger partial charge in [0.1, 0.15) is 5.82 Å². The summed E-state index contributed by atoms with van der Waals surface area (Å²) >= 11 is 1.68. The zero-order valence-electron chi connectivity index (χ0n) is 13.2. The molecule has 2 aromatic heterocycles. The third-order valence-electron chi connectivity index (χ3n) is 4.67. The molecule has 6 nitrogen and oxygen atoms in total. The van der Waals surface area contributed by atoms with Crippen molar-refractivity contribution in [2.45, 2.75) is 49.3 Å². The molecule has 0 aliphatic heterocycles. The van der Waals surface area contributed by atoms with Crippen molar-refractivity contribution in [2.24, 2.45) is 0 Å². The maximum Gasteiger partial charge on any atom is 0.419 e. The maximum absolute atomic E-state index is 12.0. The summed E-state index contributed by atoms with van der Waals surface area (Å²) in [5, 5.41) is 9.84. The van der Waals surface area contributed by atoms with E-state index in [1.807, 2.05) is 24.3 Å². The molecule has 0 amide bonds. The minimum Gasteiger partial charge on any atom is -0.408 e. The van der Waals surface area contributed by atoms with E-state index in [1.54, 1.807) is 16.3 Å². The number of thioether (sulfide) groups is 1. The topological polar surface area (TPSA) is 65.8 Å². The summed E-state index contributed by atoms with van der Waals surface area (Å²) in [6.07, 6.45) is 4.95. The fraction of sp³-hybridized carbons (Fsp3) is 0.471. The number of aryl methyl sites for hydroxylation is 1. The predicted molar refractivity (Wildman–Crippen MR) is 91.5 cm³/mol. The molecule has 0 unspecified atom stereocenters. The smallest absolute Gasteiger partial charge is 0.408 e. The number of hydrogen-bond acceptors (Lipinski definition) is 5. The molecule has 0 radical (unpaired) electrons. The second-order valence-electron chi connectivity index (χ2n) is 6.55. The third-order valence-corrected chi connectivity index (χ3v) is 5.59. The van der Waals surface area contributed by atoms with Gasteiger partial charge in [-0.05, 0) is 37.8 Å². The summed E-state index contributed by atoms with van der Waals surface area (Å²) in [7, 11) is 0. The van der Waals surface area contributed by atoms with Crippen LogP contribution in [-0.4, -0.2) is 25.1 Å². The number of aromatic nitrogens is 4. The lowest BCUT2D eigenvalue weighted by Gasteiger charge is -2.08. The van der Waals surface area contributed by atoms with Gasteiger partial charge in [-0.1, -0.05) is 23.9 Å². The largest absolute Gasteiger partial charge is 0.419 e. The van der Waals surface area contributed by atoms with Crippen molar-refractivity contribution in [1.29, 1.82) is 0 Å². The van der Waals surface area contributed by atoms with Gasteiger partial charge in [0.2, 0.25) is 0 Å². The molecular formula is C17H18N4O2S. The Hall–Kier alpha value is -2.02. The first kappa shape index (κ1) is 14.3. The molecule has 24 heavy (non-hydrogen) atoms. The lowest BCUT2D eigenvalue weighted by Crippen LogP contribution is -2.15. The van der Waals surface area contributed by atoms with E-state index in [0.29, 0.717) is 24.1 Å². The van der Waals surface area contributed by atoms with Crippen LogP contribution in [0.2, 0.25) is 0 Å². The molecule has 0 spiro atoms. The zero-order chi connectivity index (χ0) is 16.1. The number of para-hydroxylation sites is 2. The van der Waals surface area contributed by atoms with Crippen molar-refractivity contribution in [2.75, 3.05) is 5.75 Å². The van der Waals surface area contributed by atoms with E-state index in [2.05, 4.69) is 14.8 Å². The van der Waals surface area contributed by atoms with Crippen LogP contribution >= 0.6 is 11.8 Å². The van der Waals surface area contributed by atoms with Crippen LogP contribution in [0.1, 0.15) is 43.5 Å². The van der Waals surface area contributed by atoms with E-state index in [0.717, 1.165) is 16.4 Å². The van der Waals surface area contributed by atoms with E-state index in [1.165, 1.54) is 31.5 Å². The quantitative estimate of drug-likeness (QED) is 0.644. The average molecular weight is 342 g/mol. The zero-order valence-corrected chi connectivity index (χ0v) is 14.0. The molecule has 2 heterocycles. The van der Waals surface area contributed by atoms with Gasteiger partial charge in [-0.25, -0.2) is 4.79 Å². The maximum atomic E-state index is 12.0. The van der Waals surface area contributed by atoms with E-state index < -0.39 is 0 Å². The number of fused-ring (bicyclic) bond motifs is 1. The standard InChI is InChI=1S/C17H18N4O2S/c22-17-20(13-3-1-2-4-14(13)23-17)9-10-24-16-19-18-15(11-5-6-11)21(16)12-7-8-12/h1-4,11-12H,5-10H2. The van der Waals surface area contributed by atoms with Crippen molar-refractivity contribution in [1.82, 2.24) is 19.3 Å². The van der Waals surface area contributed by atoms with Gasteiger partial charge in [-0.3, -0.25) is 4.57 Å². The molecule has 124 valence electrons. The molecule has 0 atom stereocenters. The van der Waals surface area contributed by atoms with Gasteiger partial charge >= 0.3 is 5.76 Å². The Morgan fingerprint density at radius 1 is 1.17 bits per heavy atom. The molecule has 5 rings (SSSR count). The second-order valence-corrected chi connectivity index (χ2v) is 7.61. The van der Waals surface area contributed by atoms with Crippen LogP contribution in [0.5, 0.6) is 0 Å². The van der Waals surface area contributed by atoms with Gasteiger partial charge in [0.15, 0.2) is 10.7 Å². The minimum atomic E-state index is -0.292. The number of nitrogens with zero attached hydrogens (tertiary/aromatic N) is 4. The molecule has 2 aliphatic carbocycles. The van der Waals surface area contributed by atoms with Gasteiger partial charge in [-0.15, -0.1) is 10.2 Å². The molecule has 3 aromatic rings. The summed E-state index contributed by atoms with van der Waals surface area (Å²) in [4.78, 5) is 12.0. The van der Waals surface area contributed by atoms with Crippen LogP contribution in [0.3, 0.4) is 0 Å². The van der Waals surface area contributed by atoms with Crippen LogP contribution in [0.15, 0.2) is 38.6 Å². The molecule has 7 heteroatoms. The average Bonchev–Trinajstić information content (AvgIpc) is 3.51. The van der Waals surface area contributed by atoms with Crippen LogP contribution in [0.25, 0.3) is 11.1 Å². The van der Waals surface area contributed by atoms with Crippen molar-refractivity contribution in [3.8, 4) is 0 Å². The first-order valence-corrected chi connectivity index (χ1v) is 9.46. The normalized spacial score (nSPS) is 17.7. The van der Waals surface area contributed by atoms with Gasteiger partial charge in [0, 0.05) is 24.3 Å². The highest BCUT2D eigenvalue weighted by Crippen LogP contribution is 2.45. The Labute approximate surface area is 142 Å². The molecule has 0 N–H and O–H groups in total. The molecule has 0 saturated heterocycles. The third kappa shape index (κ3) is 2.47. The Morgan fingerprint density at radius 3 is 2.79 bits per heavy atom. The first-order chi connectivity index (χ1) is 11.8. The SMILES string of the molecule is O=c1oc2ccccc2n1CCSc1nnc(C2CC2)n1C1CC1. The highest BCUT2D eigenvalue weighted by molar-refractivity contribution is 7.99. The molecule has 2 saturated carbocycles. The number of oxazole rings is 1. The van der Waals surface area contributed by atoms with Crippen LogP contribution in [-0.2, 0) is 6.54 Å². The van der Waals surface area contributed by atoms with E-state index in [4.69, 9.17) is 4.42 Å². The van der Waals surface area contributed by atoms with E-state index >= 15 is 0 Å². The molecule has 2 fully saturated rings. The van der Waals surface area contributed by atoms with Gasteiger partial charge in [0.05, 0.1) is 5.52 Å². The van der Waals surface area contributed by atoms with Gasteiger partial charge < -0.3 is 8.98 Å². The predicted octanol–water partition coefficient (Wildman–Crippen LogP) is 3.19. The van der Waals surface area contributed by atoms with Crippen molar-refractivity contribution < 1.29 is 4.42 Å². The summed E-state index contributed by atoms with van der Waals surface area (Å²) in [6, 6.07) is 8.14. The van der Waals surface area contributed by atoms with E-state index in [-0.39, 0.29) is 5.76 Å². The molecule has 1 aromatic carbocycles. The Morgan fingerprint density at radius 2 is 2.00 bits per heavy atom. The molecule has 0 bridgehead atoms. The molecular weight excluding hydrogens is 324 g/mol. The van der Waals surface area contributed by atoms with Crippen molar-refractivity contribution in [3.05, 3.63) is 40.6 Å². The Bertz CT molecular complexity index is 949. The number of hydrogen-bond donors (Lipinski definition) is 0. The molecule has 2 aliphatic rings. The van der Waals surface area contributed by atoms with Crippen LogP contribution in [0.4, 0.5) is 0 Å². The summed E-state index contributed by atoms with van der Waals surface area (Å²) in [6.45, 7) is 0.608. The minimum absolute atomic E-state index is 0.292. The lowest BCUT2D eigenvalue weighted by molar-refractivity contribution is 0.514. The second kappa shape index (κ2) is 5.51. The highest BCUT2D eigenvalue weighted by atomic mass is 32.2. The Kier molecular flexibility index (Phi) is 3.29. The Balaban J connectivity index is 1.35. The van der Waals surface area contributed by atoms with Crippen LogP contribution in [0, 0.1) is 0 Å². The highest BCUT2D eigenvalue weighted by Gasteiger charge is 2.36. The van der Waals surface area contributed by atoms with Crippen LogP contribution < -0.4 is 5.76 Å². The van der Waals surface area contributed by atoms with Crippen molar-refractivity contribution >= 4 is 22.9 Å². The summed E-state index contributed by atoms with van der Waals surface area (Å²) in [5.74, 6) is 2.27.